The highest BCUT2D eigenvalue weighted by Crippen LogP contribution is 2.21. The summed E-state index contributed by atoms with van der Waals surface area (Å²) in [6, 6.07) is 12.1. The number of carbonyl (C=O) groups is 1. The van der Waals surface area contributed by atoms with Crippen LogP contribution in [0, 0.1) is 26.6 Å². The number of hydrogen-bond donors (Lipinski definition) is 1. The summed E-state index contributed by atoms with van der Waals surface area (Å²) >= 11 is 0. The first-order valence-electron chi connectivity index (χ1n) is 10.9. The first-order valence-corrected chi connectivity index (χ1v) is 10.9. The minimum absolute atomic E-state index is 0.0828. The molecule has 33 heavy (non-hydrogen) atoms. The number of halogens is 1. The average Bonchev–Trinajstić information content (AvgIpc) is 3.11. The maximum Gasteiger partial charge on any atom is 0.273 e. The van der Waals surface area contributed by atoms with Crippen molar-refractivity contribution >= 4 is 22.8 Å². The van der Waals surface area contributed by atoms with Gasteiger partial charge in [0.15, 0.2) is 5.65 Å². The molecule has 7 nitrogen and oxygen atoms in total. The molecular weight excluding hydrogens is 421 g/mol. The Morgan fingerprint density at radius 1 is 1.09 bits per heavy atom. The van der Waals surface area contributed by atoms with Gasteiger partial charge >= 0.3 is 0 Å². The number of aromatic nitrogens is 4. The fourth-order valence-electron chi connectivity index (χ4n) is 3.85. The van der Waals surface area contributed by atoms with Gasteiger partial charge in [0.2, 0.25) is 5.91 Å². The number of aryl methyl sites for hydroxylation is 5. The number of benzene rings is 2. The molecule has 0 aliphatic rings. The Hall–Kier alpha value is -3.81. The molecule has 0 bridgehead atoms. The zero-order chi connectivity index (χ0) is 23.7. The Bertz CT molecular complexity index is 1400. The van der Waals surface area contributed by atoms with E-state index in [0.29, 0.717) is 40.3 Å². The van der Waals surface area contributed by atoms with Crippen LogP contribution in [0.1, 0.15) is 35.9 Å². The first-order chi connectivity index (χ1) is 15.8. The number of amides is 1. The molecule has 0 aliphatic carbocycles. The summed E-state index contributed by atoms with van der Waals surface area (Å²) in [6.45, 7) is 7.94. The van der Waals surface area contributed by atoms with Crippen LogP contribution >= 0.6 is 0 Å². The average molecular weight is 448 g/mol. The molecule has 0 spiro atoms. The predicted molar refractivity (Wildman–Crippen MR) is 126 cm³/mol. The lowest BCUT2D eigenvalue weighted by Gasteiger charge is -2.11. The zero-order valence-corrected chi connectivity index (χ0v) is 19.1. The number of nitrogens with one attached hydrogen (secondary N) is 1. The van der Waals surface area contributed by atoms with E-state index < -0.39 is 0 Å². The topological polar surface area (TPSA) is 81.8 Å². The highest BCUT2D eigenvalue weighted by Gasteiger charge is 2.19. The van der Waals surface area contributed by atoms with Gasteiger partial charge in [-0.25, -0.2) is 14.1 Å². The number of nitrogens with zero attached hydrogens (tertiary/aromatic N) is 4. The van der Waals surface area contributed by atoms with Crippen molar-refractivity contribution in [3.63, 3.8) is 0 Å². The largest absolute Gasteiger partial charge is 0.326 e. The molecule has 0 aliphatic heterocycles. The lowest BCUT2D eigenvalue weighted by molar-refractivity contribution is -0.116. The second-order valence-electron chi connectivity index (χ2n) is 8.12. The van der Waals surface area contributed by atoms with Crippen LogP contribution in [0.5, 0.6) is 0 Å². The SMILES string of the molecule is CCn1c(=O)c(CCC(=O)Nc2ccc(F)cc2C)nc2c(C)nn(-c3ccc(C)cc3)c21. The maximum atomic E-state index is 13.3. The van der Waals surface area contributed by atoms with Crippen LogP contribution in [-0.4, -0.2) is 25.2 Å². The summed E-state index contributed by atoms with van der Waals surface area (Å²) in [5.41, 5.74) is 5.24. The van der Waals surface area contributed by atoms with Crippen molar-refractivity contribution in [1.82, 2.24) is 19.3 Å². The molecule has 0 unspecified atom stereocenters. The fraction of sp³-hybridized carbons (Fsp3) is 0.280. The predicted octanol–water partition coefficient (Wildman–Crippen LogP) is 4.24. The normalized spacial score (nSPS) is 11.2. The molecule has 0 fully saturated rings. The molecule has 2 heterocycles. The number of fused-ring (bicyclic) bond motifs is 1. The molecule has 0 saturated heterocycles. The Morgan fingerprint density at radius 2 is 1.82 bits per heavy atom. The Labute approximate surface area is 190 Å². The molecular formula is C25H26FN5O2. The van der Waals surface area contributed by atoms with E-state index in [-0.39, 0.29) is 30.1 Å². The third-order valence-electron chi connectivity index (χ3n) is 5.65. The molecule has 8 heteroatoms. The summed E-state index contributed by atoms with van der Waals surface area (Å²) < 4.78 is 16.7. The second-order valence-corrected chi connectivity index (χ2v) is 8.12. The summed E-state index contributed by atoms with van der Waals surface area (Å²) in [7, 11) is 0. The van der Waals surface area contributed by atoms with Crippen LogP contribution < -0.4 is 10.9 Å². The first kappa shape index (κ1) is 22.4. The lowest BCUT2D eigenvalue weighted by Crippen LogP contribution is -2.27. The molecule has 4 aromatic rings. The van der Waals surface area contributed by atoms with Crippen LogP contribution in [0.3, 0.4) is 0 Å². The van der Waals surface area contributed by atoms with Crippen molar-refractivity contribution in [2.45, 2.75) is 47.1 Å². The molecule has 0 atom stereocenters. The number of hydrogen-bond acceptors (Lipinski definition) is 4. The van der Waals surface area contributed by atoms with Crippen molar-refractivity contribution < 1.29 is 9.18 Å². The quantitative estimate of drug-likeness (QED) is 0.479. The molecule has 170 valence electrons. The van der Waals surface area contributed by atoms with E-state index in [1.54, 1.807) is 16.2 Å². The van der Waals surface area contributed by atoms with Crippen molar-refractivity contribution in [3.8, 4) is 5.69 Å². The molecule has 1 N–H and O–H groups in total. The van der Waals surface area contributed by atoms with Crippen molar-refractivity contribution in [2.24, 2.45) is 0 Å². The molecule has 2 aromatic heterocycles. The van der Waals surface area contributed by atoms with E-state index in [0.717, 1.165) is 11.3 Å². The van der Waals surface area contributed by atoms with Crippen molar-refractivity contribution in [2.75, 3.05) is 5.32 Å². The van der Waals surface area contributed by atoms with E-state index in [1.807, 2.05) is 45.0 Å². The van der Waals surface area contributed by atoms with E-state index in [4.69, 9.17) is 0 Å². The van der Waals surface area contributed by atoms with E-state index in [1.165, 1.54) is 18.2 Å². The Kier molecular flexibility index (Phi) is 6.09. The molecule has 4 rings (SSSR count). The van der Waals surface area contributed by atoms with E-state index >= 15 is 0 Å². The van der Waals surface area contributed by atoms with Gasteiger partial charge in [-0.3, -0.25) is 14.2 Å². The Morgan fingerprint density at radius 3 is 2.48 bits per heavy atom. The van der Waals surface area contributed by atoms with Crippen LogP contribution in [0.15, 0.2) is 47.3 Å². The van der Waals surface area contributed by atoms with Crippen LogP contribution in [0.25, 0.3) is 16.9 Å². The van der Waals surface area contributed by atoms with E-state index in [9.17, 15) is 14.0 Å². The third kappa shape index (κ3) is 4.41. The molecule has 0 saturated carbocycles. The maximum absolute atomic E-state index is 13.3. The Balaban J connectivity index is 1.64. The van der Waals surface area contributed by atoms with Gasteiger partial charge in [0.1, 0.15) is 17.0 Å². The van der Waals surface area contributed by atoms with Crippen LogP contribution in [0.2, 0.25) is 0 Å². The minimum atomic E-state index is -0.357. The summed E-state index contributed by atoms with van der Waals surface area (Å²) in [5, 5.41) is 7.41. The fourth-order valence-corrected chi connectivity index (χ4v) is 3.85. The van der Waals surface area contributed by atoms with Gasteiger partial charge < -0.3 is 5.32 Å². The second kappa shape index (κ2) is 8.97. The molecule has 2 aromatic carbocycles. The van der Waals surface area contributed by atoms with Gasteiger partial charge in [-0.1, -0.05) is 17.7 Å². The van der Waals surface area contributed by atoms with Gasteiger partial charge in [0.05, 0.1) is 11.4 Å². The van der Waals surface area contributed by atoms with E-state index in [2.05, 4.69) is 15.4 Å². The molecule has 0 radical (unpaired) electrons. The van der Waals surface area contributed by atoms with Crippen molar-refractivity contribution in [3.05, 3.63) is 81.2 Å². The van der Waals surface area contributed by atoms with Gasteiger partial charge in [-0.05, 0) is 63.6 Å². The van der Waals surface area contributed by atoms with Gasteiger partial charge in [0, 0.05) is 25.1 Å². The highest BCUT2D eigenvalue weighted by atomic mass is 19.1. The lowest BCUT2D eigenvalue weighted by atomic mass is 10.1. The zero-order valence-electron chi connectivity index (χ0n) is 19.1. The third-order valence-corrected chi connectivity index (χ3v) is 5.65. The summed E-state index contributed by atoms with van der Waals surface area (Å²) in [6.07, 6.45) is 0.273. The monoisotopic (exact) mass is 447 g/mol. The molecule has 1 amide bonds. The van der Waals surface area contributed by atoms with Gasteiger partial charge in [-0.15, -0.1) is 0 Å². The number of rotatable bonds is 6. The number of anilines is 1. The van der Waals surface area contributed by atoms with Gasteiger partial charge in [-0.2, -0.15) is 5.10 Å². The summed E-state index contributed by atoms with van der Waals surface area (Å²) in [4.78, 5) is 30.3. The highest BCUT2D eigenvalue weighted by molar-refractivity contribution is 5.91. The van der Waals surface area contributed by atoms with Crippen molar-refractivity contribution in [1.29, 1.82) is 0 Å². The minimum Gasteiger partial charge on any atom is -0.326 e. The van der Waals surface area contributed by atoms with Crippen LogP contribution in [0.4, 0.5) is 10.1 Å². The van der Waals surface area contributed by atoms with Gasteiger partial charge in [0.25, 0.3) is 5.56 Å². The van der Waals surface area contributed by atoms with Crippen LogP contribution in [-0.2, 0) is 17.8 Å². The smallest absolute Gasteiger partial charge is 0.273 e. The number of carbonyl (C=O) groups excluding carboxylic acids is 1. The summed E-state index contributed by atoms with van der Waals surface area (Å²) in [5.74, 6) is -0.620. The standard InChI is InChI=1S/C25H26FN5O2/c1-5-30-24-23(17(4)29-31(24)19-9-6-15(2)7-10-19)28-21(25(30)33)12-13-22(32)27-20-11-8-18(26)14-16(20)3/h6-11,14H,5,12-13H2,1-4H3,(H,27,32).